The molecular formula is C53H99NO5. The molecule has 0 spiro atoms. The molecule has 0 aliphatic heterocycles. The van der Waals surface area contributed by atoms with Crippen LogP contribution in [0.5, 0.6) is 0 Å². The van der Waals surface area contributed by atoms with Crippen LogP contribution >= 0.6 is 0 Å². The van der Waals surface area contributed by atoms with Gasteiger partial charge in [0.1, 0.15) is 0 Å². The molecule has 0 saturated heterocycles. The average molecular weight is 830 g/mol. The van der Waals surface area contributed by atoms with E-state index >= 15 is 0 Å². The second kappa shape index (κ2) is 48.7. The molecule has 3 N–H and O–H groups in total. The number of amides is 1. The summed E-state index contributed by atoms with van der Waals surface area (Å²) in [6, 6.07) is -0.644. The first-order chi connectivity index (χ1) is 29.0. The Kier molecular flexibility index (Phi) is 47.2. The summed E-state index contributed by atoms with van der Waals surface area (Å²) >= 11 is 0. The molecule has 2 atom stereocenters. The van der Waals surface area contributed by atoms with Crippen LogP contribution in [0, 0.1) is 0 Å². The summed E-state index contributed by atoms with van der Waals surface area (Å²) in [5.41, 5.74) is 0. The van der Waals surface area contributed by atoms with Gasteiger partial charge in [0.25, 0.3) is 0 Å². The lowest BCUT2D eigenvalue weighted by Crippen LogP contribution is -2.45. The topological polar surface area (TPSA) is 95.9 Å². The summed E-state index contributed by atoms with van der Waals surface area (Å²) in [4.78, 5) is 24.5. The third-order valence-corrected chi connectivity index (χ3v) is 11.7. The van der Waals surface area contributed by atoms with E-state index in [1.54, 1.807) is 6.08 Å². The van der Waals surface area contributed by atoms with Crippen LogP contribution in [0.15, 0.2) is 36.5 Å². The van der Waals surface area contributed by atoms with Crippen molar-refractivity contribution in [2.24, 2.45) is 0 Å². The van der Waals surface area contributed by atoms with Crippen molar-refractivity contribution in [3.8, 4) is 0 Å². The van der Waals surface area contributed by atoms with E-state index < -0.39 is 12.1 Å². The van der Waals surface area contributed by atoms with Crippen LogP contribution in [-0.2, 0) is 14.3 Å². The lowest BCUT2D eigenvalue weighted by molar-refractivity contribution is -0.143. The van der Waals surface area contributed by atoms with E-state index in [1.807, 2.05) is 6.08 Å². The van der Waals surface area contributed by atoms with E-state index in [0.717, 1.165) is 64.2 Å². The van der Waals surface area contributed by atoms with Crippen LogP contribution in [0.25, 0.3) is 0 Å². The Morgan fingerprint density at radius 3 is 1.32 bits per heavy atom. The minimum Gasteiger partial charge on any atom is -0.466 e. The van der Waals surface area contributed by atoms with Crippen molar-refractivity contribution in [2.75, 3.05) is 13.2 Å². The number of nitrogens with one attached hydrogen (secondary N) is 1. The molecule has 0 aliphatic carbocycles. The summed E-state index contributed by atoms with van der Waals surface area (Å²) in [5.74, 6) is -0.117. The zero-order chi connectivity index (χ0) is 43.0. The van der Waals surface area contributed by atoms with Crippen molar-refractivity contribution < 1.29 is 24.5 Å². The van der Waals surface area contributed by atoms with Gasteiger partial charge in [0.2, 0.25) is 5.91 Å². The van der Waals surface area contributed by atoms with Gasteiger partial charge in [-0.15, -0.1) is 0 Å². The molecule has 6 nitrogen and oxygen atoms in total. The Labute approximate surface area is 366 Å². The van der Waals surface area contributed by atoms with E-state index in [-0.39, 0.29) is 18.5 Å². The molecule has 346 valence electrons. The maximum absolute atomic E-state index is 12.4. The number of aliphatic hydroxyl groups excluding tert-OH is 2. The molecule has 2 unspecified atom stereocenters. The Morgan fingerprint density at radius 2 is 0.847 bits per heavy atom. The predicted octanol–water partition coefficient (Wildman–Crippen LogP) is 15.3. The van der Waals surface area contributed by atoms with E-state index in [9.17, 15) is 19.8 Å². The largest absolute Gasteiger partial charge is 0.466 e. The molecule has 59 heavy (non-hydrogen) atoms. The summed E-state index contributed by atoms with van der Waals surface area (Å²) < 4.78 is 5.46. The van der Waals surface area contributed by atoms with Crippen LogP contribution in [0.2, 0.25) is 0 Å². The van der Waals surface area contributed by atoms with Crippen molar-refractivity contribution in [1.82, 2.24) is 5.32 Å². The van der Waals surface area contributed by atoms with Crippen LogP contribution in [0.4, 0.5) is 0 Å². The Balaban J connectivity index is 3.49. The highest BCUT2D eigenvalue weighted by molar-refractivity contribution is 5.76. The monoisotopic (exact) mass is 830 g/mol. The molecule has 0 fully saturated rings. The van der Waals surface area contributed by atoms with Crippen molar-refractivity contribution in [2.45, 2.75) is 276 Å². The van der Waals surface area contributed by atoms with Crippen molar-refractivity contribution in [3.63, 3.8) is 0 Å². The lowest BCUT2D eigenvalue weighted by atomic mass is 10.0. The first-order valence-corrected chi connectivity index (χ1v) is 25.8. The maximum Gasteiger partial charge on any atom is 0.305 e. The number of ether oxygens (including phenoxy) is 1. The number of hydrogen-bond donors (Lipinski definition) is 3. The number of esters is 1. The van der Waals surface area contributed by atoms with E-state index in [4.69, 9.17) is 4.74 Å². The third kappa shape index (κ3) is 45.4. The molecule has 0 rings (SSSR count). The fourth-order valence-electron chi connectivity index (χ4n) is 7.66. The molecule has 0 saturated carbocycles. The molecule has 0 heterocycles. The SMILES string of the molecule is CCCCC/C=C\C/C=C\CCCCCCCCCCCC(=O)OCCCCCCCCCCCCC(=O)NC(CO)C(O)/C=C/CCCCCCCCCCCCC. The maximum atomic E-state index is 12.4. The normalized spacial score (nSPS) is 12.9. The minimum atomic E-state index is -0.859. The Hall–Kier alpha value is -1.92. The number of rotatable bonds is 47. The standard InChI is InChI=1S/C53H99NO5/c1-3-5-7-9-11-13-15-17-18-19-20-21-22-24-26-31-35-39-43-47-53(58)59-48-44-40-36-32-28-27-30-34-38-42-46-52(57)54-50(49-55)51(56)45-41-37-33-29-25-23-16-14-12-10-8-6-4-2/h11,13,17-18,41,45,50-51,55-56H,3-10,12,14-16,19-40,42-44,46-49H2,1-2H3,(H,54,57)/b13-11-,18-17-,45-41+. The highest BCUT2D eigenvalue weighted by atomic mass is 16.5. The second-order valence-electron chi connectivity index (χ2n) is 17.5. The molecule has 0 aromatic heterocycles. The van der Waals surface area contributed by atoms with Crippen molar-refractivity contribution >= 4 is 11.9 Å². The number of allylic oxidation sites excluding steroid dienone is 5. The van der Waals surface area contributed by atoms with Gasteiger partial charge < -0.3 is 20.3 Å². The number of aliphatic hydroxyl groups is 2. The molecule has 0 aromatic rings. The van der Waals surface area contributed by atoms with Gasteiger partial charge in [-0.25, -0.2) is 0 Å². The molecule has 0 aromatic carbocycles. The van der Waals surface area contributed by atoms with Gasteiger partial charge >= 0.3 is 5.97 Å². The van der Waals surface area contributed by atoms with Crippen LogP contribution in [-0.4, -0.2) is 47.4 Å². The van der Waals surface area contributed by atoms with Gasteiger partial charge in [0, 0.05) is 12.8 Å². The highest BCUT2D eigenvalue weighted by Crippen LogP contribution is 2.15. The van der Waals surface area contributed by atoms with Gasteiger partial charge in [-0.05, 0) is 64.2 Å². The first kappa shape index (κ1) is 57.1. The number of carbonyl (C=O) groups is 2. The fourth-order valence-corrected chi connectivity index (χ4v) is 7.66. The zero-order valence-corrected chi connectivity index (χ0v) is 39.2. The summed E-state index contributed by atoms with van der Waals surface area (Å²) in [6.45, 7) is 4.81. The molecular weight excluding hydrogens is 731 g/mol. The van der Waals surface area contributed by atoms with Gasteiger partial charge in [-0.2, -0.15) is 0 Å². The molecule has 0 aliphatic rings. The molecule has 0 radical (unpaired) electrons. The van der Waals surface area contributed by atoms with Gasteiger partial charge in [-0.3, -0.25) is 9.59 Å². The first-order valence-electron chi connectivity index (χ1n) is 25.8. The lowest BCUT2D eigenvalue weighted by Gasteiger charge is -2.20. The van der Waals surface area contributed by atoms with E-state index in [0.29, 0.717) is 19.4 Å². The Morgan fingerprint density at radius 1 is 0.475 bits per heavy atom. The summed E-state index contributed by atoms with van der Waals surface area (Å²) in [7, 11) is 0. The highest BCUT2D eigenvalue weighted by Gasteiger charge is 2.18. The smallest absolute Gasteiger partial charge is 0.305 e. The van der Waals surface area contributed by atoms with Crippen molar-refractivity contribution in [1.29, 1.82) is 0 Å². The van der Waals surface area contributed by atoms with Crippen molar-refractivity contribution in [3.05, 3.63) is 36.5 Å². The minimum absolute atomic E-state index is 0.0253. The summed E-state index contributed by atoms with van der Waals surface area (Å²) in [5, 5.41) is 23.0. The number of unbranched alkanes of at least 4 members (excludes halogenated alkanes) is 32. The van der Waals surface area contributed by atoms with Gasteiger partial charge in [-0.1, -0.05) is 224 Å². The summed E-state index contributed by atoms with van der Waals surface area (Å²) in [6.07, 6.45) is 58.5. The van der Waals surface area contributed by atoms with Crippen LogP contribution in [0.3, 0.4) is 0 Å². The average Bonchev–Trinajstić information content (AvgIpc) is 3.24. The van der Waals surface area contributed by atoms with E-state index in [1.165, 1.54) is 173 Å². The second-order valence-corrected chi connectivity index (χ2v) is 17.5. The molecule has 6 heteroatoms. The Bertz CT molecular complexity index is 962. The van der Waals surface area contributed by atoms with Gasteiger partial charge in [0.15, 0.2) is 0 Å². The third-order valence-electron chi connectivity index (χ3n) is 11.7. The number of carbonyl (C=O) groups excluding carboxylic acids is 2. The van der Waals surface area contributed by atoms with Gasteiger partial charge in [0.05, 0.1) is 25.4 Å². The number of hydrogen-bond acceptors (Lipinski definition) is 5. The predicted molar refractivity (Wildman–Crippen MR) is 255 cm³/mol. The molecule has 1 amide bonds. The van der Waals surface area contributed by atoms with Crippen LogP contribution in [0.1, 0.15) is 264 Å². The fraction of sp³-hybridized carbons (Fsp3) is 0.849. The quantitative estimate of drug-likeness (QED) is 0.0323. The van der Waals surface area contributed by atoms with Crippen LogP contribution < -0.4 is 5.32 Å². The van der Waals surface area contributed by atoms with E-state index in [2.05, 4.69) is 43.5 Å². The molecule has 0 bridgehead atoms. The zero-order valence-electron chi connectivity index (χ0n) is 39.2.